The summed E-state index contributed by atoms with van der Waals surface area (Å²) in [6, 6.07) is 16.5. The second-order valence-corrected chi connectivity index (χ2v) is 6.04. The number of carbonyl (C=O) groups excluding carboxylic acids is 1. The molecule has 0 spiro atoms. The molecule has 114 valence electrons. The first kappa shape index (κ1) is 15.6. The van der Waals surface area contributed by atoms with E-state index in [1.165, 1.54) is 6.21 Å². The number of para-hydroxylation sites is 1. The van der Waals surface area contributed by atoms with Crippen molar-refractivity contribution in [1.29, 1.82) is 0 Å². The Hall–Kier alpha value is -2.24. The highest BCUT2D eigenvalue weighted by molar-refractivity contribution is 9.10. The van der Waals surface area contributed by atoms with E-state index >= 15 is 0 Å². The van der Waals surface area contributed by atoms with Gasteiger partial charge in [-0.05, 0) is 36.4 Å². The number of hydrogen-bond donors (Lipinski definition) is 1. The highest BCUT2D eigenvalue weighted by Crippen LogP contribution is 2.18. The van der Waals surface area contributed by atoms with Crippen molar-refractivity contribution in [2.75, 3.05) is 0 Å². The maximum absolute atomic E-state index is 12.0. The Morgan fingerprint density at radius 3 is 2.70 bits per heavy atom. The molecule has 0 aliphatic heterocycles. The fourth-order valence-electron chi connectivity index (χ4n) is 2.03. The highest BCUT2D eigenvalue weighted by atomic mass is 79.9. The van der Waals surface area contributed by atoms with Gasteiger partial charge >= 0.3 is 0 Å². The van der Waals surface area contributed by atoms with E-state index in [1.807, 2.05) is 30.3 Å². The number of benzene rings is 2. The van der Waals surface area contributed by atoms with Crippen LogP contribution in [-0.2, 0) is 0 Å². The monoisotopic (exact) mass is 387 g/mol. The number of carbonyl (C=O) groups is 1. The first-order chi connectivity index (χ1) is 11.1. The molecule has 0 saturated heterocycles. The lowest BCUT2D eigenvalue weighted by Gasteiger charge is -2.02. The minimum absolute atomic E-state index is 0.293. The van der Waals surface area contributed by atoms with Crippen molar-refractivity contribution in [2.24, 2.45) is 5.10 Å². The Bertz CT molecular complexity index is 894. The summed E-state index contributed by atoms with van der Waals surface area (Å²) >= 11 is 9.46. The molecule has 0 saturated carbocycles. The summed E-state index contributed by atoms with van der Waals surface area (Å²) in [6.45, 7) is 0. The summed E-state index contributed by atoms with van der Waals surface area (Å²) in [5.41, 5.74) is 4.45. The molecule has 1 heterocycles. The minimum Gasteiger partial charge on any atom is -0.267 e. The van der Waals surface area contributed by atoms with Crippen molar-refractivity contribution in [3.8, 4) is 0 Å². The van der Waals surface area contributed by atoms with E-state index in [9.17, 15) is 4.79 Å². The maximum Gasteiger partial charge on any atom is 0.271 e. The molecule has 0 bridgehead atoms. The van der Waals surface area contributed by atoms with E-state index in [4.69, 9.17) is 11.6 Å². The number of aromatic nitrogens is 1. The van der Waals surface area contributed by atoms with Gasteiger partial charge in [-0.25, -0.2) is 10.4 Å². The lowest BCUT2D eigenvalue weighted by atomic mass is 10.2. The second kappa shape index (κ2) is 6.89. The van der Waals surface area contributed by atoms with Crippen molar-refractivity contribution in [1.82, 2.24) is 10.4 Å². The van der Waals surface area contributed by atoms with Gasteiger partial charge in [-0.3, -0.25) is 4.79 Å². The third-order valence-electron chi connectivity index (χ3n) is 3.18. The van der Waals surface area contributed by atoms with E-state index in [0.717, 1.165) is 15.4 Å². The lowest BCUT2D eigenvalue weighted by Crippen LogP contribution is -2.17. The smallest absolute Gasteiger partial charge is 0.267 e. The summed E-state index contributed by atoms with van der Waals surface area (Å²) in [5, 5.41) is 5.24. The summed E-state index contributed by atoms with van der Waals surface area (Å²) in [4.78, 5) is 16.3. The van der Waals surface area contributed by atoms with Crippen LogP contribution in [0.1, 0.15) is 15.9 Å². The van der Waals surface area contributed by atoms with Gasteiger partial charge in [-0.2, -0.15) is 5.10 Å². The Balaban J connectivity index is 1.76. The maximum atomic E-state index is 12.0. The van der Waals surface area contributed by atoms with Crippen LogP contribution in [0.15, 0.2) is 64.2 Å². The number of hydrazone groups is 1. The summed E-state index contributed by atoms with van der Waals surface area (Å²) in [5.74, 6) is -0.293. The Morgan fingerprint density at radius 2 is 1.91 bits per heavy atom. The van der Waals surface area contributed by atoms with Crippen molar-refractivity contribution in [2.45, 2.75) is 0 Å². The molecule has 23 heavy (non-hydrogen) atoms. The molecule has 0 unspecified atom stereocenters. The fourth-order valence-corrected chi connectivity index (χ4v) is 2.48. The first-order valence-electron chi connectivity index (χ1n) is 6.78. The predicted octanol–water partition coefficient (Wildman–Crippen LogP) is 4.41. The number of fused-ring (bicyclic) bond motifs is 1. The molecule has 6 heteroatoms. The fraction of sp³-hybridized carbons (Fsp3) is 0. The zero-order chi connectivity index (χ0) is 16.2. The van der Waals surface area contributed by atoms with Crippen molar-refractivity contribution < 1.29 is 4.79 Å². The molecule has 0 radical (unpaired) electrons. The van der Waals surface area contributed by atoms with Gasteiger partial charge in [-0.15, -0.1) is 0 Å². The van der Waals surface area contributed by atoms with Crippen LogP contribution in [0.25, 0.3) is 10.9 Å². The number of pyridine rings is 1. The zero-order valence-corrected chi connectivity index (χ0v) is 14.2. The molecule has 1 aromatic heterocycles. The Labute approximate surface area is 146 Å². The molecule has 0 aliphatic carbocycles. The van der Waals surface area contributed by atoms with E-state index in [-0.39, 0.29) is 5.91 Å². The van der Waals surface area contributed by atoms with E-state index < -0.39 is 0 Å². The van der Waals surface area contributed by atoms with Gasteiger partial charge in [0.25, 0.3) is 5.91 Å². The number of amides is 1. The molecule has 3 rings (SSSR count). The molecule has 2 aromatic carbocycles. The predicted molar refractivity (Wildman–Crippen MR) is 96.0 cm³/mol. The standard InChI is InChI=1S/C17H11BrClN3O/c18-14-7-5-11(6-8-14)17(23)22-20-10-13-9-12-3-1-2-4-15(12)21-16(13)19/h1-10H,(H,22,23)/b20-10-. The molecule has 0 fully saturated rings. The van der Waals surface area contributed by atoms with E-state index in [1.54, 1.807) is 24.3 Å². The molecule has 0 atom stereocenters. The van der Waals surface area contributed by atoms with Crippen LogP contribution in [-0.4, -0.2) is 17.1 Å². The third kappa shape index (κ3) is 3.75. The molecule has 1 N–H and O–H groups in total. The van der Waals surface area contributed by atoms with Crippen molar-refractivity contribution >= 4 is 50.6 Å². The van der Waals surface area contributed by atoms with Crippen molar-refractivity contribution in [3.05, 3.63) is 75.4 Å². The molecule has 4 nitrogen and oxygen atoms in total. The Morgan fingerprint density at radius 1 is 1.17 bits per heavy atom. The third-order valence-corrected chi connectivity index (χ3v) is 4.01. The topological polar surface area (TPSA) is 54.4 Å². The second-order valence-electron chi connectivity index (χ2n) is 4.77. The number of hydrogen-bond acceptors (Lipinski definition) is 3. The van der Waals surface area contributed by atoms with E-state index in [0.29, 0.717) is 16.3 Å². The molecule has 3 aromatic rings. The molecular weight excluding hydrogens is 378 g/mol. The van der Waals surface area contributed by atoms with Gasteiger partial charge in [0.1, 0.15) is 5.15 Å². The van der Waals surface area contributed by atoms with Gasteiger partial charge in [0.2, 0.25) is 0 Å². The van der Waals surface area contributed by atoms with E-state index in [2.05, 4.69) is 31.4 Å². The number of halogens is 2. The van der Waals surface area contributed by atoms with Crippen LogP contribution in [0.4, 0.5) is 0 Å². The summed E-state index contributed by atoms with van der Waals surface area (Å²) < 4.78 is 0.909. The van der Waals surface area contributed by atoms with Crippen LogP contribution < -0.4 is 5.43 Å². The number of nitrogens with one attached hydrogen (secondary N) is 1. The van der Waals surface area contributed by atoms with Gasteiger partial charge in [0.05, 0.1) is 11.7 Å². The Kier molecular flexibility index (Phi) is 4.69. The van der Waals surface area contributed by atoms with Gasteiger partial charge in [0, 0.05) is 21.0 Å². The largest absolute Gasteiger partial charge is 0.271 e. The number of rotatable bonds is 3. The van der Waals surface area contributed by atoms with Gasteiger partial charge in [-0.1, -0.05) is 45.7 Å². The molecular formula is C17H11BrClN3O. The average molecular weight is 389 g/mol. The van der Waals surface area contributed by atoms with Crippen LogP contribution in [0.3, 0.4) is 0 Å². The van der Waals surface area contributed by atoms with Crippen molar-refractivity contribution in [3.63, 3.8) is 0 Å². The van der Waals surface area contributed by atoms with Crippen LogP contribution >= 0.6 is 27.5 Å². The highest BCUT2D eigenvalue weighted by Gasteiger charge is 2.05. The van der Waals surface area contributed by atoms with Gasteiger partial charge < -0.3 is 0 Å². The summed E-state index contributed by atoms with van der Waals surface area (Å²) in [7, 11) is 0. The average Bonchev–Trinajstić information content (AvgIpc) is 2.56. The minimum atomic E-state index is -0.293. The normalized spacial score (nSPS) is 11.0. The lowest BCUT2D eigenvalue weighted by molar-refractivity contribution is 0.0955. The van der Waals surface area contributed by atoms with Crippen LogP contribution in [0.2, 0.25) is 5.15 Å². The molecule has 0 aliphatic rings. The molecule has 1 amide bonds. The zero-order valence-electron chi connectivity index (χ0n) is 11.8. The number of nitrogens with zero attached hydrogens (tertiary/aromatic N) is 2. The van der Waals surface area contributed by atoms with Crippen LogP contribution in [0.5, 0.6) is 0 Å². The SMILES string of the molecule is O=C(N/N=C\c1cc2ccccc2nc1Cl)c1ccc(Br)cc1. The first-order valence-corrected chi connectivity index (χ1v) is 7.95. The summed E-state index contributed by atoms with van der Waals surface area (Å²) in [6.07, 6.45) is 1.48. The van der Waals surface area contributed by atoms with Crippen LogP contribution in [0, 0.1) is 0 Å². The van der Waals surface area contributed by atoms with Gasteiger partial charge in [0.15, 0.2) is 0 Å². The quantitative estimate of drug-likeness (QED) is 0.410.